The van der Waals surface area contributed by atoms with Gasteiger partial charge in [0.2, 0.25) is 0 Å². The van der Waals surface area contributed by atoms with Crippen molar-refractivity contribution in [2.45, 2.75) is 20.0 Å². The topological polar surface area (TPSA) is 80.3 Å². The van der Waals surface area contributed by atoms with Gasteiger partial charge in [0.05, 0.1) is 25.7 Å². The minimum atomic E-state index is -0.436. The smallest absolute Gasteiger partial charge is 0.337 e. The minimum absolute atomic E-state index is 0.253. The van der Waals surface area contributed by atoms with E-state index in [9.17, 15) is 9.59 Å². The number of rotatable bonds is 7. The molecular formula is C22H22N4O4. The summed E-state index contributed by atoms with van der Waals surface area (Å²) < 4.78 is 15.4. The van der Waals surface area contributed by atoms with Gasteiger partial charge in [0.25, 0.3) is 5.56 Å². The first kappa shape index (κ1) is 19.5. The van der Waals surface area contributed by atoms with Gasteiger partial charge in [-0.25, -0.2) is 14.3 Å². The van der Waals surface area contributed by atoms with Crippen molar-refractivity contribution < 1.29 is 9.47 Å². The predicted octanol–water partition coefficient (Wildman–Crippen LogP) is 2.46. The number of nitrogens with zero attached hydrogens (tertiary/aromatic N) is 4. The molecule has 0 aliphatic heterocycles. The summed E-state index contributed by atoms with van der Waals surface area (Å²) in [5.74, 6) is 1.36. The van der Waals surface area contributed by atoms with Gasteiger partial charge >= 0.3 is 5.69 Å². The minimum Gasteiger partial charge on any atom is -0.497 e. The number of benzene rings is 2. The highest BCUT2D eigenvalue weighted by Crippen LogP contribution is 2.18. The molecule has 0 atom stereocenters. The van der Waals surface area contributed by atoms with Crippen LogP contribution in [0.15, 0.2) is 70.5 Å². The molecule has 30 heavy (non-hydrogen) atoms. The number of hydrogen-bond donors (Lipinski definition) is 0. The van der Waals surface area contributed by atoms with Gasteiger partial charge in [0, 0.05) is 12.6 Å². The first-order valence-corrected chi connectivity index (χ1v) is 9.67. The number of fused-ring (bicyclic) bond motifs is 1. The first-order chi connectivity index (χ1) is 14.6. The molecule has 2 aromatic carbocycles. The Morgan fingerprint density at radius 2 is 1.77 bits per heavy atom. The molecule has 0 fully saturated rings. The Bertz CT molecular complexity index is 1290. The van der Waals surface area contributed by atoms with Gasteiger partial charge < -0.3 is 14.0 Å². The maximum Gasteiger partial charge on any atom is 0.337 e. The Hall–Kier alpha value is -3.81. The summed E-state index contributed by atoms with van der Waals surface area (Å²) in [5, 5.41) is 0. The second-order valence-electron chi connectivity index (χ2n) is 6.64. The highest BCUT2D eigenvalue weighted by Gasteiger charge is 2.18. The predicted molar refractivity (Wildman–Crippen MR) is 114 cm³/mol. The zero-order valence-electron chi connectivity index (χ0n) is 16.8. The van der Waals surface area contributed by atoms with Gasteiger partial charge in [-0.3, -0.25) is 9.36 Å². The lowest BCUT2D eigenvalue weighted by atomic mass is 10.3. The molecule has 0 amide bonds. The standard InChI is InChI=1S/C22H22N4O4/c1-3-25-21(27)19-20(26(22(25)28)16-8-7-11-18(14-16)29-2)23-15-24(19)12-13-30-17-9-5-4-6-10-17/h4-11,14-15H,3,12-13H2,1-2H3. The molecule has 2 heterocycles. The van der Waals surface area contributed by atoms with Crippen molar-refractivity contribution in [1.29, 1.82) is 0 Å². The molecule has 154 valence electrons. The summed E-state index contributed by atoms with van der Waals surface area (Å²) in [6.07, 6.45) is 1.57. The fourth-order valence-electron chi connectivity index (χ4n) is 3.39. The lowest BCUT2D eigenvalue weighted by molar-refractivity contribution is 0.300. The lowest BCUT2D eigenvalue weighted by Crippen LogP contribution is -2.39. The van der Waals surface area contributed by atoms with Crippen molar-refractivity contribution in [2.75, 3.05) is 13.7 Å². The van der Waals surface area contributed by atoms with Crippen molar-refractivity contribution >= 4 is 11.2 Å². The second kappa shape index (κ2) is 8.28. The van der Waals surface area contributed by atoms with Gasteiger partial charge in [-0.15, -0.1) is 0 Å². The van der Waals surface area contributed by atoms with E-state index in [2.05, 4.69) is 4.98 Å². The Kier molecular flexibility index (Phi) is 5.38. The quantitative estimate of drug-likeness (QED) is 0.471. The fourth-order valence-corrected chi connectivity index (χ4v) is 3.39. The van der Waals surface area contributed by atoms with E-state index in [1.165, 1.54) is 9.13 Å². The number of methoxy groups -OCH3 is 1. The van der Waals surface area contributed by atoms with Crippen LogP contribution in [0.2, 0.25) is 0 Å². The van der Waals surface area contributed by atoms with Gasteiger partial charge in [-0.05, 0) is 31.2 Å². The molecule has 0 aliphatic carbocycles. The highest BCUT2D eigenvalue weighted by molar-refractivity contribution is 5.72. The summed E-state index contributed by atoms with van der Waals surface area (Å²) in [5.41, 5.74) is 0.443. The van der Waals surface area contributed by atoms with Crippen molar-refractivity contribution in [3.05, 3.63) is 81.8 Å². The lowest BCUT2D eigenvalue weighted by Gasteiger charge is -2.12. The summed E-state index contributed by atoms with van der Waals surface area (Å²) >= 11 is 0. The molecular weight excluding hydrogens is 384 g/mol. The van der Waals surface area contributed by atoms with Crippen LogP contribution in [-0.4, -0.2) is 32.4 Å². The van der Waals surface area contributed by atoms with Gasteiger partial charge in [-0.1, -0.05) is 24.3 Å². The molecule has 8 nitrogen and oxygen atoms in total. The molecule has 8 heteroatoms. The number of hydrogen-bond acceptors (Lipinski definition) is 5. The van der Waals surface area contributed by atoms with Crippen LogP contribution in [0.1, 0.15) is 6.92 Å². The Balaban J connectivity index is 1.79. The first-order valence-electron chi connectivity index (χ1n) is 9.67. The molecule has 0 saturated heterocycles. The van der Waals surface area contributed by atoms with E-state index in [1.54, 1.807) is 49.2 Å². The molecule has 4 rings (SSSR count). The van der Waals surface area contributed by atoms with E-state index in [0.29, 0.717) is 35.8 Å². The van der Waals surface area contributed by atoms with Crippen molar-refractivity contribution in [2.24, 2.45) is 0 Å². The molecule has 4 aromatic rings. The van der Waals surface area contributed by atoms with E-state index in [-0.39, 0.29) is 12.1 Å². The monoisotopic (exact) mass is 406 g/mol. The Morgan fingerprint density at radius 3 is 2.50 bits per heavy atom. The number of para-hydroxylation sites is 1. The molecule has 2 aromatic heterocycles. The van der Waals surface area contributed by atoms with Crippen molar-refractivity contribution in [3.63, 3.8) is 0 Å². The van der Waals surface area contributed by atoms with E-state index in [4.69, 9.17) is 9.47 Å². The third kappa shape index (κ3) is 3.47. The average molecular weight is 406 g/mol. The largest absolute Gasteiger partial charge is 0.497 e. The zero-order valence-corrected chi connectivity index (χ0v) is 16.8. The van der Waals surface area contributed by atoms with Crippen molar-refractivity contribution in [3.8, 4) is 17.2 Å². The SMILES string of the molecule is CCn1c(=O)c2c(ncn2CCOc2ccccc2)n(-c2cccc(OC)c2)c1=O. The van der Waals surface area contributed by atoms with Gasteiger partial charge in [0.15, 0.2) is 11.2 Å². The molecule has 0 aliphatic rings. The summed E-state index contributed by atoms with van der Waals surface area (Å²) in [4.78, 5) is 30.5. The van der Waals surface area contributed by atoms with Crippen LogP contribution in [0, 0.1) is 0 Å². The molecule has 0 spiro atoms. The van der Waals surface area contributed by atoms with Crippen LogP contribution in [0.25, 0.3) is 16.9 Å². The zero-order chi connectivity index (χ0) is 21.1. The number of imidazole rings is 1. The molecule has 0 unspecified atom stereocenters. The fraction of sp³-hybridized carbons (Fsp3) is 0.227. The van der Waals surface area contributed by atoms with Gasteiger partial charge in [-0.2, -0.15) is 0 Å². The third-order valence-corrected chi connectivity index (χ3v) is 4.87. The molecule has 0 saturated carbocycles. The summed E-state index contributed by atoms with van der Waals surface area (Å²) in [7, 11) is 1.56. The van der Waals surface area contributed by atoms with Crippen molar-refractivity contribution in [1.82, 2.24) is 18.7 Å². The summed E-state index contributed by atoms with van der Waals surface area (Å²) in [6.45, 7) is 2.80. The maximum atomic E-state index is 13.1. The number of aromatic nitrogens is 4. The van der Waals surface area contributed by atoms with Crippen LogP contribution >= 0.6 is 0 Å². The van der Waals surface area contributed by atoms with E-state index in [1.807, 2.05) is 30.3 Å². The molecule has 0 bridgehead atoms. The average Bonchev–Trinajstić information content (AvgIpc) is 3.19. The van der Waals surface area contributed by atoms with Crippen LogP contribution < -0.4 is 20.7 Å². The number of ether oxygens (including phenoxy) is 2. The van der Waals surface area contributed by atoms with Gasteiger partial charge in [0.1, 0.15) is 18.1 Å². The second-order valence-corrected chi connectivity index (χ2v) is 6.64. The Morgan fingerprint density at radius 1 is 1.00 bits per heavy atom. The summed E-state index contributed by atoms with van der Waals surface area (Å²) in [6, 6.07) is 16.6. The Labute approximate surface area is 172 Å². The third-order valence-electron chi connectivity index (χ3n) is 4.87. The van der Waals surface area contributed by atoms with E-state index >= 15 is 0 Å². The van der Waals surface area contributed by atoms with E-state index < -0.39 is 5.69 Å². The van der Waals surface area contributed by atoms with E-state index in [0.717, 1.165) is 5.75 Å². The van der Waals surface area contributed by atoms with Crippen LogP contribution in [0.3, 0.4) is 0 Å². The molecule has 0 N–H and O–H groups in total. The molecule has 0 radical (unpaired) electrons. The van der Waals surface area contributed by atoms with Crippen LogP contribution in [-0.2, 0) is 13.1 Å². The highest BCUT2D eigenvalue weighted by atomic mass is 16.5. The van der Waals surface area contributed by atoms with Crippen LogP contribution in [0.4, 0.5) is 0 Å². The maximum absolute atomic E-state index is 13.1. The normalized spacial score (nSPS) is 11.0. The van der Waals surface area contributed by atoms with Crippen LogP contribution in [0.5, 0.6) is 11.5 Å².